The molecule has 76 valence electrons. The Morgan fingerprint density at radius 2 is 1.77 bits per heavy atom. The summed E-state index contributed by atoms with van der Waals surface area (Å²) < 4.78 is 0. The third-order valence-electron chi connectivity index (χ3n) is 3.21. The quantitative estimate of drug-likeness (QED) is 0.612. The predicted molar refractivity (Wildman–Crippen MR) is 55.5 cm³/mol. The Balaban J connectivity index is 2.36. The van der Waals surface area contributed by atoms with E-state index in [2.05, 4.69) is 13.8 Å². The molecule has 1 rings (SSSR count). The maximum atomic E-state index is 10.5. The van der Waals surface area contributed by atoms with Gasteiger partial charge in [0, 0.05) is 5.92 Å². The number of rotatable bonds is 3. The Labute approximate surface area is 81.9 Å². The van der Waals surface area contributed by atoms with Crippen LogP contribution in [0.5, 0.6) is 0 Å². The topological polar surface area (TPSA) is 17.1 Å². The summed E-state index contributed by atoms with van der Waals surface area (Å²) in [5.41, 5.74) is 0. The molecule has 1 aliphatic carbocycles. The van der Waals surface area contributed by atoms with E-state index >= 15 is 0 Å². The lowest BCUT2D eigenvalue weighted by Gasteiger charge is -2.32. The highest BCUT2D eigenvalue weighted by molar-refractivity contribution is 5.52. The molecule has 3 atom stereocenters. The van der Waals surface area contributed by atoms with E-state index in [4.69, 9.17) is 0 Å². The molecule has 0 aromatic carbocycles. The van der Waals surface area contributed by atoms with Crippen LogP contribution >= 0.6 is 0 Å². The number of hydrogen-bond acceptors (Lipinski definition) is 1. The summed E-state index contributed by atoms with van der Waals surface area (Å²) in [6, 6.07) is 0. The first-order valence-electron chi connectivity index (χ1n) is 5.57. The van der Waals surface area contributed by atoms with E-state index in [1.165, 1.54) is 19.3 Å². The fourth-order valence-electron chi connectivity index (χ4n) is 2.89. The SMILES string of the molecule is CC(C=O)CC1CC(C)CC(C)C1. The van der Waals surface area contributed by atoms with Gasteiger partial charge in [-0.3, -0.25) is 0 Å². The van der Waals surface area contributed by atoms with Crippen LogP contribution in [0.4, 0.5) is 0 Å². The Kier molecular flexibility index (Phi) is 3.95. The highest BCUT2D eigenvalue weighted by atomic mass is 16.1. The molecule has 0 aliphatic heterocycles. The number of carbonyl (C=O) groups is 1. The molecule has 0 spiro atoms. The Hall–Kier alpha value is -0.330. The molecule has 1 fully saturated rings. The predicted octanol–water partition coefficient (Wildman–Crippen LogP) is 3.28. The molecule has 1 nitrogen and oxygen atoms in total. The van der Waals surface area contributed by atoms with E-state index in [-0.39, 0.29) is 5.92 Å². The van der Waals surface area contributed by atoms with E-state index < -0.39 is 0 Å². The third-order valence-corrected chi connectivity index (χ3v) is 3.21. The molecule has 3 unspecified atom stereocenters. The summed E-state index contributed by atoms with van der Waals surface area (Å²) in [4.78, 5) is 10.5. The zero-order chi connectivity index (χ0) is 9.84. The lowest BCUT2D eigenvalue weighted by Crippen LogP contribution is -2.21. The van der Waals surface area contributed by atoms with Gasteiger partial charge in [0.15, 0.2) is 0 Å². The maximum Gasteiger partial charge on any atom is 0.122 e. The standard InChI is InChI=1S/C12H22O/c1-9-4-10(2)6-12(5-9)7-11(3)8-13/h8-12H,4-7H2,1-3H3. The summed E-state index contributed by atoms with van der Waals surface area (Å²) in [6.45, 7) is 6.72. The largest absolute Gasteiger partial charge is 0.303 e. The summed E-state index contributed by atoms with van der Waals surface area (Å²) in [7, 11) is 0. The third kappa shape index (κ3) is 3.50. The van der Waals surface area contributed by atoms with Crippen LogP contribution in [0.15, 0.2) is 0 Å². The fraction of sp³-hybridized carbons (Fsp3) is 0.917. The van der Waals surface area contributed by atoms with Gasteiger partial charge in [-0.15, -0.1) is 0 Å². The van der Waals surface area contributed by atoms with Gasteiger partial charge in [0.05, 0.1) is 0 Å². The number of hydrogen-bond donors (Lipinski definition) is 0. The van der Waals surface area contributed by atoms with E-state index in [1.807, 2.05) is 6.92 Å². The summed E-state index contributed by atoms with van der Waals surface area (Å²) >= 11 is 0. The van der Waals surface area contributed by atoms with E-state index in [0.29, 0.717) is 0 Å². The second-order valence-electron chi connectivity index (χ2n) is 5.13. The molecule has 0 radical (unpaired) electrons. The van der Waals surface area contributed by atoms with Crippen LogP contribution in [0.2, 0.25) is 0 Å². The van der Waals surface area contributed by atoms with E-state index in [1.54, 1.807) is 0 Å². The van der Waals surface area contributed by atoms with Crippen molar-refractivity contribution in [3.63, 3.8) is 0 Å². The molecule has 0 heterocycles. The molecule has 0 amide bonds. The summed E-state index contributed by atoms with van der Waals surface area (Å²) in [5.74, 6) is 2.81. The van der Waals surface area contributed by atoms with E-state index in [9.17, 15) is 4.79 Å². The monoisotopic (exact) mass is 182 g/mol. The van der Waals surface area contributed by atoms with Crippen LogP contribution < -0.4 is 0 Å². The Morgan fingerprint density at radius 3 is 2.23 bits per heavy atom. The zero-order valence-corrected chi connectivity index (χ0v) is 9.12. The average Bonchev–Trinajstić information content (AvgIpc) is 2.02. The molecule has 0 bridgehead atoms. The maximum absolute atomic E-state index is 10.5. The van der Waals surface area contributed by atoms with Gasteiger partial charge in [-0.2, -0.15) is 0 Å². The lowest BCUT2D eigenvalue weighted by atomic mass is 9.74. The molecule has 0 aromatic heterocycles. The molecule has 0 N–H and O–H groups in total. The van der Waals surface area contributed by atoms with E-state index in [0.717, 1.165) is 30.5 Å². The van der Waals surface area contributed by atoms with Crippen molar-refractivity contribution in [1.82, 2.24) is 0 Å². The molecular formula is C12H22O. The zero-order valence-electron chi connectivity index (χ0n) is 9.12. The van der Waals surface area contributed by atoms with Crippen molar-refractivity contribution in [1.29, 1.82) is 0 Å². The second kappa shape index (κ2) is 4.78. The normalized spacial score (nSPS) is 37.0. The van der Waals surface area contributed by atoms with Crippen molar-refractivity contribution in [3.05, 3.63) is 0 Å². The highest BCUT2D eigenvalue weighted by Crippen LogP contribution is 2.35. The second-order valence-corrected chi connectivity index (χ2v) is 5.13. The van der Waals surface area contributed by atoms with Gasteiger partial charge in [-0.05, 0) is 43.4 Å². The van der Waals surface area contributed by atoms with Gasteiger partial charge in [0.2, 0.25) is 0 Å². The molecule has 0 saturated heterocycles. The van der Waals surface area contributed by atoms with Crippen LogP contribution in [0.25, 0.3) is 0 Å². The first-order chi connectivity index (χ1) is 6.11. The summed E-state index contributed by atoms with van der Waals surface area (Å²) in [6.07, 6.45) is 6.26. The van der Waals surface area contributed by atoms with Crippen LogP contribution in [0.1, 0.15) is 46.5 Å². The Morgan fingerprint density at radius 1 is 1.23 bits per heavy atom. The number of carbonyl (C=O) groups excluding carboxylic acids is 1. The smallest absolute Gasteiger partial charge is 0.122 e. The van der Waals surface area contributed by atoms with Crippen molar-refractivity contribution < 1.29 is 4.79 Å². The molecule has 0 aromatic rings. The van der Waals surface area contributed by atoms with Crippen LogP contribution in [0, 0.1) is 23.7 Å². The van der Waals surface area contributed by atoms with Gasteiger partial charge in [0.25, 0.3) is 0 Å². The summed E-state index contributed by atoms with van der Waals surface area (Å²) in [5, 5.41) is 0. The van der Waals surface area contributed by atoms with Gasteiger partial charge in [0.1, 0.15) is 6.29 Å². The van der Waals surface area contributed by atoms with Crippen molar-refractivity contribution in [3.8, 4) is 0 Å². The first kappa shape index (κ1) is 10.7. The number of aldehydes is 1. The molecule has 1 saturated carbocycles. The molecule has 1 heteroatoms. The van der Waals surface area contributed by atoms with Crippen LogP contribution in [0.3, 0.4) is 0 Å². The van der Waals surface area contributed by atoms with Crippen LogP contribution in [-0.2, 0) is 4.79 Å². The van der Waals surface area contributed by atoms with Crippen LogP contribution in [-0.4, -0.2) is 6.29 Å². The first-order valence-corrected chi connectivity index (χ1v) is 5.57. The fourth-order valence-corrected chi connectivity index (χ4v) is 2.89. The van der Waals surface area contributed by atoms with Gasteiger partial charge < -0.3 is 4.79 Å². The highest BCUT2D eigenvalue weighted by Gasteiger charge is 2.24. The van der Waals surface area contributed by atoms with Crippen molar-refractivity contribution in [2.75, 3.05) is 0 Å². The van der Waals surface area contributed by atoms with Crippen molar-refractivity contribution in [2.45, 2.75) is 46.5 Å². The molecule has 1 aliphatic rings. The molecular weight excluding hydrogens is 160 g/mol. The van der Waals surface area contributed by atoms with Crippen molar-refractivity contribution in [2.24, 2.45) is 23.7 Å². The lowest BCUT2D eigenvalue weighted by molar-refractivity contribution is -0.111. The minimum Gasteiger partial charge on any atom is -0.303 e. The minimum absolute atomic E-state index is 0.266. The molecule has 13 heavy (non-hydrogen) atoms. The minimum atomic E-state index is 0.266. The van der Waals surface area contributed by atoms with Gasteiger partial charge >= 0.3 is 0 Å². The van der Waals surface area contributed by atoms with Gasteiger partial charge in [-0.25, -0.2) is 0 Å². The van der Waals surface area contributed by atoms with Gasteiger partial charge in [-0.1, -0.05) is 20.8 Å². The average molecular weight is 182 g/mol. The Bertz CT molecular complexity index is 155. The van der Waals surface area contributed by atoms with Crippen molar-refractivity contribution >= 4 is 6.29 Å².